The first-order valence-electron chi connectivity index (χ1n) is 5.81. The van der Waals surface area contributed by atoms with Crippen molar-refractivity contribution in [3.05, 3.63) is 46.3 Å². The Kier molecular flexibility index (Phi) is 3.05. The molecular weight excluding hydrogens is 278 g/mol. The maximum atomic E-state index is 6.20. The van der Waals surface area contributed by atoms with Crippen LogP contribution in [0.3, 0.4) is 0 Å². The third-order valence-electron chi connectivity index (χ3n) is 3.05. The highest BCUT2D eigenvalue weighted by Crippen LogP contribution is 2.41. The van der Waals surface area contributed by atoms with E-state index >= 15 is 0 Å². The molecule has 0 unspecified atom stereocenters. The Bertz CT molecular complexity index is 730. The number of nitrogens with two attached hydrogens (primary N) is 1. The molecule has 96 valence electrons. The molecule has 0 radical (unpaired) electrons. The van der Waals surface area contributed by atoms with Gasteiger partial charge in [-0.1, -0.05) is 35.9 Å². The summed E-state index contributed by atoms with van der Waals surface area (Å²) in [5.41, 5.74) is 10.1. The van der Waals surface area contributed by atoms with Crippen LogP contribution in [0.2, 0.25) is 5.02 Å². The van der Waals surface area contributed by atoms with Gasteiger partial charge in [-0.25, -0.2) is 0 Å². The molecular formula is C14H12ClN3S. The summed E-state index contributed by atoms with van der Waals surface area (Å²) < 4.78 is 0. The van der Waals surface area contributed by atoms with Gasteiger partial charge in [0.1, 0.15) is 0 Å². The van der Waals surface area contributed by atoms with Gasteiger partial charge in [0.25, 0.3) is 0 Å². The molecule has 0 fully saturated rings. The largest absolute Gasteiger partial charge is 0.382 e. The van der Waals surface area contributed by atoms with E-state index in [4.69, 9.17) is 17.3 Å². The highest BCUT2D eigenvalue weighted by molar-refractivity contribution is 7.14. The molecule has 1 aromatic carbocycles. The Morgan fingerprint density at radius 1 is 1.26 bits per heavy atom. The number of hydrogen-bond acceptors (Lipinski definition) is 3. The average Bonchev–Trinajstić information content (AvgIpc) is 2.96. The van der Waals surface area contributed by atoms with Crippen LogP contribution in [-0.2, 0) is 0 Å². The van der Waals surface area contributed by atoms with E-state index < -0.39 is 0 Å². The Labute approximate surface area is 120 Å². The van der Waals surface area contributed by atoms with Crippen molar-refractivity contribution in [1.82, 2.24) is 10.2 Å². The van der Waals surface area contributed by atoms with E-state index in [9.17, 15) is 0 Å². The van der Waals surface area contributed by atoms with Gasteiger partial charge < -0.3 is 5.73 Å². The minimum Gasteiger partial charge on any atom is -0.382 e. The average molecular weight is 290 g/mol. The zero-order valence-electron chi connectivity index (χ0n) is 10.3. The van der Waals surface area contributed by atoms with Crippen LogP contribution in [0.15, 0.2) is 35.7 Å². The molecule has 0 bridgehead atoms. The number of rotatable bonds is 2. The van der Waals surface area contributed by atoms with Crippen molar-refractivity contribution in [2.75, 3.05) is 5.73 Å². The fraction of sp³-hybridized carbons (Fsp3) is 0.0714. The standard InChI is InChI=1S/C14H12ClN3S/c1-8-4-2-3-5-9(8)11-12(17-18-14(11)16)13-10(15)6-7-19-13/h2-7H,1H3,(H3,16,17,18). The van der Waals surface area contributed by atoms with E-state index in [1.165, 1.54) is 0 Å². The molecule has 19 heavy (non-hydrogen) atoms. The van der Waals surface area contributed by atoms with Gasteiger partial charge in [-0.3, -0.25) is 5.10 Å². The smallest absolute Gasteiger partial charge is 0.153 e. The molecule has 0 aliphatic rings. The lowest BCUT2D eigenvalue weighted by atomic mass is 10.00. The summed E-state index contributed by atoms with van der Waals surface area (Å²) in [4.78, 5) is 0.962. The fourth-order valence-electron chi connectivity index (χ4n) is 2.12. The molecule has 3 aromatic rings. The molecule has 5 heteroatoms. The predicted molar refractivity (Wildman–Crippen MR) is 81.5 cm³/mol. The van der Waals surface area contributed by atoms with Crippen molar-refractivity contribution >= 4 is 28.8 Å². The molecule has 0 amide bonds. The molecule has 0 aliphatic heterocycles. The number of halogens is 1. The summed E-state index contributed by atoms with van der Waals surface area (Å²) in [7, 11) is 0. The van der Waals surface area contributed by atoms with Gasteiger partial charge in [-0.15, -0.1) is 11.3 Å². The summed E-state index contributed by atoms with van der Waals surface area (Å²) in [6.45, 7) is 2.06. The van der Waals surface area contributed by atoms with Gasteiger partial charge in [0, 0.05) is 0 Å². The summed E-state index contributed by atoms with van der Waals surface area (Å²) in [5.74, 6) is 0.494. The number of thiophene rings is 1. The summed E-state index contributed by atoms with van der Waals surface area (Å²) >= 11 is 7.78. The maximum absolute atomic E-state index is 6.20. The number of H-pyrrole nitrogens is 1. The second-order valence-electron chi connectivity index (χ2n) is 4.27. The number of anilines is 1. The number of nitrogen functional groups attached to an aromatic ring is 1. The molecule has 3 nitrogen and oxygen atoms in total. The maximum Gasteiger partial charge on any atom is 0.153 e. The Balaban J connectivity index is 2.26. The van der Waals surface area contributed by atoms with Crippen LogP contribution in [0.1, 0.15) is 5.56 Å². The molecule has 2 aromatic heterocycles. The second kappa shape index (κ2) is 4.72. The van der Waals surface area contributed by atoms with E-state index in [1.54, 1.807) is 11.3 Å². The van der Waals surface area contributed by atoms with E-state index in [0.717, 1.165) is 27.3 Å². The van der Waals surface area contributed by atoms with Crippen molar-refractivity contribution in [1.29, 1.82) is 0 Å². The lowest BCUT2D eigenvalue weighted by Crippen LogP contribution is -1.90. The Morgan fingerprint density at radius 2 is 2.05 bits per heavy atom. The monoisotopic (exact) mass is 289 g/mol. The first-order valence-corrected chi connectivity index (χ1v) is 7.07. The highest BCUT2D eigenvalue weighted by Gasteiger charge is 2.18. The minimum atomic E-state index is 0.494. The van der Waals surface area contributed by atoms with Gasteiger partial charge in [0.05, 0.1) is 21.2 Å². The molecule has 0 saturated heterocycles. The molecule has 0 saturated carbocycles. The first-order chi connectivity index (χ1) is 9.18. The zero-order chi connectivity index (χ0) is 13.4. The van der Waals surface area contributed by atoms with Gasteiger partial charge in [-0.2, -0.15) is 5.10 Å². The van der Waals surface area contributed by atoms with Gasteiger partial charge in [0.15, 0.2) is 5.82 Å². The van der Waals surface area contributed by atoms with Gasteiger partial charge in [-0.05, 0) is 29.5 Å². The number of nitrogens with one attached hydrogen (secondary N) is 1. The van der Waals surface area contributed by atoms with Crippen LogP contribution in [0.5, 0.6) is 0 Å². The third-order valence-corrected chi connectivity index (χ3v) is 4.41. The summed E-state index contributed by atoms with van der Waals surface area (Å²) in [6.07, 6.45) is 0. The van der Waals surface area contributed by atoms with Crippen LogP contribution in [0.25, 0.3) is 21.7 Å². The number of nitrogens with zero attached hydrogens (tertiary/aromatic N) is 1. The van der Waals surface area contributed by atoms with Gasteiger partial charge in [0.2, 0.25) is 0 Å². The second-order valence-corrected chi connectivity index (χ2v) is 5.59. The van der Waals surface area contributed by atoms with Crippen molar-refractivity contribution in [2.24, 2.45) is 0 Å². The topological polar surface area (TPSA) is 54.7 Å². The van der Waals surface area contributed by atoms with Crippen LogP contribution < -0.4 is 5.73 Å². The number of aromatic nitrogens is 2. The van der Waals surface area contributed by atoms with E-state index in [1.807, 2.05) is 29.6 Å². The molecule has 0 spiro atoms. The predicted octanol–water partition coefficient (Wildman–Crippen LogP) is 4.35. The molecule has 2 heterocycles. The zero-order valence-corrected chi connectivity index (χ0v) is 11.8. The van der Waals surface area contributed by atoms with Gasteiger partial charge >= 0.3 is 0 Å². The lowest BCUT2D eigenvalue weighted by Gasteiger charge is -2.07. The van der Waals surface area contributed by atoms with Crippen LogP contribution in [0, 0.1) is 6.92 Å². The molecule has 3 N–H and O–H groups in total. The van der Waals surface area contributed by atoms with Crippen LogP contribution >= 0.6 is 22.9 Å². The highest BCUT2D eigenvalue weighted by atomic mass is 35.5. The lowest BCUT2D eigenvalue weighted by molar-refractivity contribution is 1.11. The van der Waals surface area contributed by atoms with Crippen molar-refractivity contribution < 1.29 is 0 Å². The fourth-order valence-corrected chi connectivity index (χ4v) is 3.27. The third kappa shape index (κ3) is 2.03. The van der Waals surface area contributed by atoms with Crippen molar-refractivity contribution in [2.45, 2.75) is 6.92 Å². The molecule has 0 atom stereocenters. The van der Waals surface area contributed by atoms with Crippen molar-refractivity contribution in [3.8, 4) is 21.7 Å². The van der Waals surface area contributed by atoms with Crippen LogP contribution in [0.4, 0.5) is 5.82 Å². The van der Waals surface area contributed by atoms with E-state index in [-0.39, 0.29) is 0 Å². The number of aromatic amines is 1. The van der Waals surface area contributed by atoms with Crippen molar-refractivity contribution in [3.63, 3.8) is 0 Å². The number of aryl methyl sites for hydroxylation is 1. The molecule has 0 aliphatic carbocycles. The Hall–Kier alpha value is -1.78. The molecule has 3 rings (SSSR count). The van der Waals surface area contributed by atoms with E-state index in [0.29, 0.717) is 10.8 Å². The summed E-state index contributed by atoms with van der Waals surface area (Å²) in [6, 6.07) is 9.98. The first kappa shape index (κ1) is 12.3. The Morgan fingerprint density at radius 3 is 2.74 bits per heavy atom. The quantitative estimate of drug-likeness (QED) is 0.737. The van der Waals surface area contributed by atoms with E-state index in [2.05, 4.69) is 23.2 Å². The summed E-state index contributed by atoms with van der Waals surface area (Å²) in [5, 5.41) is 9.79. The SMILES string of the molecule is Cc1ccccc1-c1c(N)n[nH]c1-c1sccc1Cl. The normalized spacial score (nSPS) is 10.8. The number of hydrogen-bond donors (Lipinski definition) is 2. The van der Waals surface area contributed by atoms with Crippen LogP contribution in [-0.4, -0.2) is 10.2 Å². The minimum absolute atomic E-state index is 0.494. The number of benzene rings is 1.